The number of hydrogen-bond donors (Lipinski definition) is 3. The Balaban J connectivity index is 1.97. The van der Waals surface area contributed by atoms with Crippen LogP contribution in [0.2, 0.25) is 0 Å². The third-order valence-corrected chi connectivity index (χ3v) is 2.70. The van der Waals surface area contributed by atoms with E-state index in [4.69, 9.17) is 0 Å². The maximum absolute atomic E-state index is 9.39. The number of aromatic hydroxyl groups is 2. The van der Waals surface area contributed by atoms with Crippen molar-refractivity contribution in [1.29, 1.82) is 0 Å². The van der Waals surface area contributed by atoms with E-state index in [1.165, 1.54) is 6.07 Å². The van der Waals surface area contributed by atoms with Crippen LogP contribution in [0.1, 0.15) is 11.4 Å². The summed E-state index contributed by atoms with van der Waals surface area (Å²) in [5.41, 5.74) is 0.949. The highest BCUT2D eigenvalue weighted by atomic mass is 16.3. The molecular weight excluding hydrogens is 232 g/mol. The number of nitrogens with one attached hydrogen (secondary N) is 1. The van der Waals surface area contributed by atoms with Gasteiger partial charge in [0.1, 0.15) is 5.82 Å². The van der Waals surface area contributed by atoms with E-state index >= 15 is 0 Å². The average Bonchev–Trinajstić information content (AvgIpc) is 2.77. The molecule has 2 rings (SSSR count). The number of aromatic nitrogens is 3. The SMILES string of the molecule is Cc1nc(N(C)CCc2ccc(O)c(O)c2)n[nH]1. The summed E-state index contributed by atoms with van der Waals surface area (Å²) in [6, 6.07) is 4.83. The van der Waals surface area contributed by atoms with Gasteiger partial charge in [-0.1, -0.05) is 6.07 Å². The van der Waals surface area contributed by atoms with E-state index in [-0.39, 0.29) is 11.5 Å². The van der Waals surface area contributed by atoms with E-state index in [0.717, 1.165) is 24.4 Å². The molecule has 0 unspecified atom stereocenters. The molecule has 0 spiro atoms. The number of aryl methyl sites for hydroxylation is 1. The molecule has 0 amide bonds. The van der Waals surface area contributed by atoms with Crippen LogP contribution in [0.25, 0.3) is 0 Å². The van der Waals surface area contributed by atoms with E-state index < -0.39 is 0 Å². The molecule has 0 atom stereocenters. The molecule has 0 saturated carbocycles. The zero-order chi connectivity index (χ0) is 13.1. The zero-order valence-corrected chi connectivity index (χ0v) is 10.4. The predicted molar refractivity (Wildman–Crippen MR) is 67.9 cm³/mol. The minimum absolute atomic E-state index is 0.0936. The first-order chi connectivity index (χ1) is 8.56. The maximum Gasteiger partial charge on any atom is 0.244 e. The van der Waals surface area contributed by atoms with Gasteiger partial charge in [-0.3, -0.25) is 5.10 Å². The Labute approximate surface area is 105 Å². The first-order valence-corrected chi connectivity index (χ1v) is 5.67. The topological polar surface area (TPSA) is 85.3 Å². The van der Waals surface area contributed by atoms with Crippen LogP contribution in [-0.2, 0) is 6.42 Å². The van der Waals surface area contributed by atoms with Gasteiger partial charge in [0, 0.05) is 13.6 Å². The Kier molecular flexibility index (Phi) is 3.36. The fourth-order valence-electron chi connectivity index (χ4n) is 1.62. The molecule has 0 aliphatic heterocycles. The molecule has 1 aromatic carbocycles. The molecule has 96 valence electrons. The lowest BCUT2D eigenvalue weighted by Crippen LogP contribution is -2.21. The summed E-state index contributed by atoms with van der Waals surface area (Å²) in [6.45, 7) is 2.57. The lowest BCUT2D eigenvalue weighted by atomic mass is 10.1. The number of benzene rings is 1. The summed E-state index contributed by atoms with van der Waals surface area (Å²) in [5, 5.41) is 25.5. The minimum atomic E-state index is -0.100. The second kappa shape index (κ2) is 4.95. The summed E-state index contributed by atoms with van der Waals surface area (Å²) >= 11 is 0. The molecule has 0 bridgehead atoms. The molecule has 0 saturated heterocycles. The van der Waals surface area contributed by atoms with Gasteiger partial charge in [-0.15, -0.1) is 5.10 Å². The van der Waals surface area contributed by atoms with Gasteiger partial charge in [0.05, 0.1) is 0 Å². The Hall–Kier alpha value is -2.24. The number of phenols is 2. The predicted octanol–water partition coefficient (Wildman–Crippen LogP) is 1.20. The minimum Gasteiger partial charge on any atom is -0.504 e. The van der Waals surface area contributed by atoms with Crippen LogP contribution in [0.5, 0.6) is 11.5 Å². The third-order valence-electron chi connectivity index (χ3n) is 2.70. The highest BCUT2D eigenvalue weighted by Crippen LogP contribution is 2.25. The molecule has 3 N–H and O–H groups in total. The van der Waals surface area contributed by atoms with E-state index in [1.807, 2.05) is 18.9 Å². The molecule has 0 fully saturated rings. The van der Waals surface area contributed by atoms with Crippen molar-refractivity contribution in [3.05, 3.63) is 29.6 Å². The smallest absolute Gasteiger partial charge is 0.244 e. The Bertz CT molecular complexity index is 539. The van der Waals surface area contributed by atoms with Crippen LogP contribution in [0, 0.1) is 6.92 Å². The molecule has 0 aliphatic carbocycles. The highest BCUT2D eigenvalue weighted by Gasteiger charge is 2.07. The lowest BCUT2D eigenvalue weighted by molar-refractivity contribution is 0.403. The van der Waals surface area contributed by atoms with Gasteiger partial charge in [-0.05, 0) is 31.0 Å². The third kappa shape index (κ3) is 2.71. The van der Waals surface area contributed by atoms with Gasteiger partial charge < -0.3 is 15.1 Å². The largest absolute Gasteiger partial charge is 0.504 e. The molecule has 1 heterocycles. The molecule has 6 heteroatoms. The molecule has 6 nitrogen and oxygen atoms in total. The van der Waals surface area contributed by atoms with Gasteiger partial charge in [-0.2, -0.15) is 4.98 Å². The fourth-order valence-corrected chi connectivity index (χ4v) is 1.62. The summed E-state index contributed by atoms with van der Waals surface area (Å²) in [4.78, 5) is 6.15. The van der Waals surface area contributed by atoms with Crippen LogP contribution in [0.4, 0.5) is 5.95 Å². The van der Waals surface area contributed by atoms with Crippen LogP contribution < -0.4 is 4.90 Å². The van der Waals surface area contributed by atoms with E-state index in [9.17, 15) is 10.2 Å². The van der Waals surface area contributed by atoms with Gasteiger partial charge in [0.25, 0.3) is 0 Å². The number of rotatable bonds is 4. The first-order valence-electron chi connectivity index (χ1n) is 5.67. The molecular formula is C12H16N4O2. The number of H-pyrrole nitrogens is 1. The van der Waals surface area contributed by atoms with Crippen molar-refractivity contribution >= 4 is 5.95 Å². The second-order valence-corrected chi connectivity index (χ2v) is 4.22. The highest BCUT2D eigenvalue weighted by molar-refractivity contribution is 5.41. The van der Waals surface area contributed by atoms with Crippen LogP contribution >= 0.6 is 0 Å². The van der Waals surface area contributed by atoms with Crippen molar-refractivity contribution in [2.24, 2.45) is 0 Å². The van der Waals surface area contributed by atoms with Gasteiger partial charge in [0.15, 0.2) is 11.5 Å². The number of likely N-dealkylation sites (N-methyl/N-ethyl adjacent to an activating group) is 1. The van der Waals surface area contributed by atoms with Gasteiger partial charge in [0.2, 0.25) is 5.95 Å². The molecule has 0 radical (unpaired) electrons. The van der Waals surface area contributed by atoms with Crippen molar-refractivity contribution < 1.29 is 10.2 Å². The number of anilines is 1. The average molecular weight is 248 g/mol. The van der Waals surface area contributed by atoms with E-state index in [1.54, 1.807) is 12.1 Å². The molecule has 1 aromatic heterocycles. The zero-order valence-electron chi connectivity index (χ0n) is 10.4. The maximum atomic E-state index is 9.39. The van der Waals surface area contributed by atoms with Crippen LogP contribution in [0.3, 0.4) is 0 Å². The van der Waals surface area contributed by atoms with Crippen molar-refractivity contribution in [2.45, 2.75) is 13.3 Å². The van der Waals surface area contributed by atoms with Crippen LogP contribution in [0.15, 0.2) is 18.2 Å². The van der Waals surface area contributed by atoms with Crippen LogP contribution in [-0.4, -0.2) is 39.0 Å². The Morgan fingerprint density at radius 3 is 2.67 bits per heavy atom. The van der Waals surface area contributed by atoms with Crippen molar-refractivity contribution in [2.75, 3.05) is 18.5 Å². The monoisotopic (exact) mass is 248 g/mol. The Morgan fingerprint density at radius 1 is 1.28 bits per heavy atom. The first kappa shape index (κ1) is 12.2. The summed E-state index contributed by atoms with van der Waals surface area (Å²) < 4.78 is 0. The standard InChI is InChI=1S/C12H16N4O2/c1-8-13-12(15-14-8)16(2)6-5-9-3-4-10(17)11(18)7-9/h3-4,7,17-18H,5-6H2,1-2H3,(H,13,14,15). The number of phenolic OH excluding ortho intramolecular Hbond substituents is 2. The van der Waals surface area contributed by atoms with Crippen molar-refractivity contribution in [1.82, 2.24) is 15.2 Å². The second-order valence-electron chi connectivity index (χ2n) is 4.22. The number of aromatic amines is 1. The van der Waals surface area contributed by atoms with Gasteiger partial charge in [-0.25, -0.2) is 0 Å². The van der Waals surface area contributed by atoms with Crippen molar-refractivity contribution in [3.63, 3.8) is 0 Å². The summed E-state index contributed by atoms with van der Waals surface area (Å²) in [5.74, 6) is 1.23. The Morgan fingerprint density at radius 2 is 2.06 bits per heavy atom. The quantitative estimate of drug-likeness (QED) is 0.708. The number of nitrogens with zero attached hydrogens (tertiary/aromatic N) is 3. The van der Waals surface area contributed by atoms with E-state index in [2.05, 4.69) is 15.2 Å². The lowest BCUT2D eigenvalue weighted by Gasteiger charge is -2.14. The fraction of sp³-hybridized carbons (Fsp3) is 0.333. The summed E-state index contributed by atoms with van der Waals surface area (Å²) in [7, 11) is 1.91. The summed E-state index contributed by atoms with van der Waals surface area (Å²) in [6.07, 6.45) is 0.734. The molecule has 2 aromatic rings. The van der Waals surface area contributed by atoms with E-state index in [0.29, 0.717) is 5.95 Å². The van der Waals surface area contributed by atoms with Crippen molar-refractivity contribution in [3.8, 4) is 11.5 Å². The molecule has 0 aliphatic rings. The number of hydrogen-bond acceptors (Lipinski definition) is 5. The van der Waals surface area contributed by atoms with Gasteiger partial charge >= 0.3 is 0 Å². The molecule has 18 heavy (non-hydrogen) atoms. The normalized spacial score (nSPS) is 10.6.